The molecule has 0 unspecified atom stereocenters. The van der Waals surface area contributed by atoms with Gasteiger partial charge in [-0.15, -0.1) is 0 Å². The van der Waals surface area contributed by atoms with E-state index in [0.29, 0.717) is 18.8 Å². The van der Waals surface area contributed by atoms with Crippen molar-refractivity contribution in [2.75, 3.05) is 13.2 Å². The number of nitrogens with one attached hydrogen (secondary N) is 1. The number of hydrogen-bond acceptors (Lipinski definition) is 4. The Morgan fingerprint density at radius 1 is 1.42 bits per heavy atom. The summed E-state index contributed by atoms with van der Waals surface area (Å²) in [6.07, 6.45) is 6.36. The molecule has 0 spiro atoms. The van der Waals surface area contributed by atoms with Crippen LogP contribution in [0.3, 0.4) is 0 Å². The number of hydrogen-bond donors (Lipinski definition) is 2. The molecular weight excluding hydrogens is 306 g/mol. The molecule has 3 atom stereocenters. The average Bonchev–Trinajstić information content (AvgIpc) is 2.48. The minimum absolute atomic E-state index is 0.0126. The van der Waals surface area contributed by atoms with Gasteiger partial charge in [-0.25, -0.2) is 0 Å². The molecule has 138 valence electrons. The standard InChI is InChI=1S/C19H33NO4/c1-5-23-18-14(10-7-11-21)15(19(2,3)4)12-16(24-18)17(22)20-13-8-6-9-13/h12-15,18,21H,5-11H2,1-4H3,(H,20,22)/t14-,15-,18+/m0/s1. The summed E-state index contributed by atoms with van der Waals surface area (Å²) in [6.45, 7) is 9.16. The van der Waals surface area contributed by atoms with Gasteiger partial charge in [0.05, 0.1) is 0 Å². The molecular formula is C19H33NO4. The average molecular weight is 339 g/mol. The summed E-state index contributed by atoms with van der Waals surface area (Å²) in [5.74, 6) is 0.564. The normalized spacial score (nSPS) is 27.9. The molecule has 1 saturated carbocycles. The van der Waals surface area contributed by atoms with Gasteiger partial charge >= 0.3 is 0 Å². The van der Waals surface area contributed by atoms with E-state index in [9.17, 15) is 9.90 Å². The first-order valence-electron chi connectivity index (χ1n) is 9.28. The molecule has 24 heavy (non-hydrogen) atoms. The molecule has 1 aliphatic carbocycles. The molecule has 2 aliphatic rings. The maximum atomic E-state index is 12.5. The lowest BCUT2D eigenvalue weighted by molar-refractivity contribution is -0.179. The summed E-state index contributed by atoms with van der Waals surface area (Å²) in [4.78, 5) is 12.5. The molecule has 1 heterocycles. The van der Waals surface area contributed by atoms with Crippen LogP contribution in [0.1, 0.15) is 59.8 Å². The highest BCUT2D eigenvalue weighted by Crippen LogP contribution is 2.42. The summed E-state index contributed by atoms with van der Waals surface area (Å²) in [5.41, 5.74) is -0.0126. The number of ether oxygens (including phenoxy) is 2. The van der Waals surface area contributed by atoms with Crippen LogP contribution in [0.15, 0.2) is 11.8 Å². The lowest BCUT2D eigenvalue weighted by Gasteiger charge is -2.42. The summed E-state index contributed by atoms with van der Waals surface area (Å²) >= 11 is 0. The topological polar surface area (TPSA) is 67.8 Å². The number of allylic oxidation sites excluding steroid dienone is 1. The summed E-state index contributed by atoms with van der Waals surface area (Å²) in [6, 6.07) is 0.285. The maximum Gasteiger partial charge on any atom is 0.286 e. The van der Waals surface area contributed by atoms with E-state index in [1.165, 1.54) is 6.42 Å². The Bertz CT molecular complexity index is 451. The fourth-order valence-electron chi connectivity index (χ4n) is 3.50. The van der Waals surface area contributed by atoms with Gasteiger partial charge in [-0.3, -0.25) is 4.79 Å². The molecule has 5 nitrogen and oxygen atoms in total. The van der Waals surface area contributed by atoms with Gasteiger partial charge in [-0.05, 0) is 56.4 Å². The Hall–Kier alpha value is -1.07. The highest BCUT2D eigenvalue weighted by Gasteiger charge is 2.42. The quantitative estimate of drug-likeness (QED) is 0.748. The molecule has 1 aliphatic heterocycles. The van der Waals surface area contributed by atoms with E-state index in [0.717, 1.165) is 19.3 Å². The van der Waals surface area contributed by atoms with E-state index < -0.39 is 6.29 Å². The van der Waals surface area contributed by atoms with Gasteiger partial charge in [0.1, 0.15) is 0 Å². The van der Waals surface area contributed by atoms with Crippen LogP contribution >= 0.6 is 0 Å². The number of carbonyl (C=O) groups excluding carboxylic acids is 1. The number of carbonyl (C=O) groups is 1. The van der Waals surface area contributed by atoms with E-state index in [4.69, 9.17) is 9.47 Å². The predicted molar refractivity (Wildman–Crippen MR) is 93.1 cm³/mol. The molecule has 0 aromatic heterocycles. The summed E-state index contributed by atoms with van der Waals surface area (Å²) < 4.78 is 11.8. The van der Waals surface area contributed by atoms with E-state index >= 15 is 0 Å². The van der Waals surface area contributed by atoms with Crippen LogP contribution in [0.5, 0.6) is 0 Å². The van der Waals surface area contributed by atoms with Crippen LogP contribution in [0, 0.1) is 17.3 Å². The SMILES string of the molecule is CCO[C@@H]1OC(C(=O)NC2CCC2)=C[C@H](C(C)(C)C)[C@@H]1CCCO. The number of aliphatic hydroxyl groups excluding tert-OH is 1. The van der Waals surface area contributed by atoms with Crippen molar-refractivity contribution in [2.45, 2.75) is 72.1 Å². The van der Waals surface area contributed by atoms with Crippen molar-refractivity contribution in [2.24, 2.45) is 17.3 Å². The van der Waals surface area contributed by atoms with E-state index in [1.54, 1.807) is 0 Å². The highest BCUT2D eigenvalue weighted by atomic mass is 16.7. The molecule has 0 radical (unpaired) electrons. The number of aliphatic hydroxyl groups is 1. The first-order chi connectivity index (χ1) is 11.4. The molecule has 5 heteroatoms. The van der Waals surface area contributed by atoms with Gasteiger partial charge in [-0.1, -0.05) is 20.8 Å². The largest absolute Gasteiger partial charge is 0.459 e. The minimum Gasteiger partial charge on any atom is -0.459 e. The van der Waals surface area contributed by atoms with Crippen molar-refractivity contribution in [3.63, 3.8) is 0 Å². The zero-order valence-corrected chi connectivity index (χ0v) is 15.5. The summed E-state index contributed by atoms with van der Waals surface area (Å²) in [5, 5.41) is 12.3. The smallest absolute Gasteiger partial charge is 0.286 e. The molecule has 2 N–H and O–H groups in total. The fraction of sp³-hybridized carbons (Fsp3) is 0.842. The van der Waals surface area contributed by atoms with Crippen molar-refractivity contribution in [1.29, 1.82) is 0 Å². The summed E-state index contributed by atoms with van der Waals surface area (Å²) in [7, 11) is 0. The van der Waals surface area contributed by atoms with Crippen LogP contribution in [0.2, 0.25) is 0 Å². The van der Waals surface area contributed by atoms with Crippen LogP contribution in [-0.4, -0.2) is 36.6 Å². The van der Waals surface area contributed by atoms with Gasteiger partial charge in [-0.2, -0.15) is 0 Å². The zero-order valence-electron chi connectivity index (χ0n) is 15.5. The van der Waals surface area contributed by atoms with Crippen molar-refractivity contribution in [3.8, 4) is 0 Å². The van der Waals surface area contributed by atoms with E-state index in [2.05, 4.69) is 26.1 Å². The van der Waals surface area contributed by atoms with Crippen molar-refractivity contribution < 1.29 is 19.4 Å². The molecule has 0 bridgehead atoms. The van der Waals surface area contributed by atoms with Gasteiger partial charge in [0.25, 0.3) is 5.91 Å². The first kappa shape index (κ1) is 19.3. The van der Waals surface area contributed by atoms with E-state index in [-0.39, 0.29) is 35.8 Å². The Kier molecular flexibility index (Phi) is 6.70. The van der Waals surface area contributed by atoms with Crippen molar-refractivity contribution >= 4 is 5.91 Å². The Labute approximate surface area is 145 Å². The van der Waals surface area contributed by atoms with Gasteiger partial charge in [0.2, 0.25) is 6.29 Å². The first-order valence-corrected chi connectivity index (χ1v) is 9.28. The molecule has 1 fully saturated rings. The van der Waals surface area contributed by atoms with E-state index in [1.807, 2.05) is 13.0 Å². The highest BCUT2D eigenvalue weighted by molar-refractivity contribution is 5.91. The number of rotatable bonds is 7. The van der Waals surface area contributed by atoms with Crippen molar-refractivity contribution in [1.82, 2.24) is 5.32 Å². The molecule has 2 rings (SSSR count). The Morgan fingerprint density at radius 3 is 2.62 bits per heavy atom. The van der Waals surface area contributed by atoms with Gasteiger partial charge < -0.3 is 19.9 Å². The lowest BCUT2D eigenvalue weighted by atomic mass is 9.70. The predicted octanol–water partition coefficient (Wildman–Crippen LogP) is 2.98. The minimum atomic E-state index is -0.432. The van der Waals surface area contributed by atoms with Crippen molar-refractivity contribution in [3.05, 3.63) is 11.8 Å². The van der Waals surface area contributed by atoms with Gasteiger partial charge in [0, 0.05) is 25.2 Å². The maximum absolute atomic E-state index is 12.5. The zero-order chi connectivity index (χ0) is 17.7. The van der Waals surface area contributed by atoms with Crippen LogP contribution in [0.4, 0.5) is 0 Å². The second-order valence-corrected chi connectivity index (χ2v) is 8.00. The second-order valence-electron chi connectivity index (χ2n) is 8.00. The monoisotopic (exact) mass is 339 g/mol. The third-order valence-electron chi connectivity index (χ3n) is 5.08. The lowest BCUT2D eigenvalue weighted by Crippen LogP contribution is -2.46. The molecule has 1 amide bonds. The third kappa shape index (κ3) is 4.73. The second kappa shape index (κ2) is 8.34. The fourth-order valence-corrected chi connectivity index (χ4v) is 3.50. The Balaban J connectivity index is 2.20. The number of amides is 1. The van der Waals surface area contributed by atoms with Gasteiger partial charge in [0.15, 0.2) is 5.76 Å². The van der Waals surface area contributed by atoms with Crippen LogP contribution < -0.4 is 5.32 Å². The van der Waals surface area contributed by atoms with Crippen LogP contribution in [0.25, 0.3) is 0 Å². The van der Waals surface area contributed by atoms with Crippen LogP contribution in [-0.2, 0) is 14.3 Å². The molecule has 0 aromatic carbocycles. The molecule has 0 saturated heterocycles. The molecule has 0 aromatic rings. The third-order valence-corrected chi connectivity index (χ3v) is 5.08. The Morgan fingerprint density at radius 2 is 2.12 bits per heavy atom.